The van der Waals surface area contributed by atoms with Crippen molar-refractivity contribution in [2.45, 2.75) is 13.8 Å². The molecule has 0 aliphatic carbocycles. The van der Waals surface area contributed by atoms with E-state index >= 15 is 0 Å². The van der Waals surface area contributed by atoms with Crippen LogP contribution >= 0.6 is 0 Å². The third kappa shape index (κ3) is 1.91. The van der Waals surface area contributed by atoms with E-state index < -0.39 is 0 Å². The number of aromatic nitrogens is 2. The second-order valence-corrected chi connectivity index (χ2v) is 2.55. The smallest absolute Gasteiger partial charge is 0.237 e. The predicted octanol–water partition coefficient (Wildman–Crippen LogP) is -0.247. The van der Waals surface area contributed by atoms with E-state index in [2.05, 4.69) is 20.5 Å². The van der Waals surface area contributed by atoms with Gasteiger partial charge in [0.15, 0.2) is 0 Å². The van der Waals surface area contributed by atoms with Crippen molar-refractivity contribution in [2.75, 3.05) is 5.43 Å². The van der Waals surface area contributed by atoms with Gasteiger partial charge < -0.3 is 5.84 Å². The van der Waals surface area contributed by atoms with Gasteiger partial charge in [-0.15, -0.1) is 0 Å². The first-order valence-corrected chi connectivity index (χ1v) is 3.74. The monoisotopic (exact) mass is 180 g/mol. The van der Waals surface area contributed by atoms with Crippen molar-refractivity contribution in [3.05, 3.63) is 17.5 Å². The molecule has 0 amide bonds. The standard InChI is InChI=1S/C7H12N6/c1-4-6(5(2)12-8)3-10-7(11-4)13-9/h3H,8-9H2,1-2H3,(H,10,11,13)/b12-5-. The summed E-state index contributed by atoms with van der Waals surface area (Å²) in [5, 5.41) is 3.56. The number of hydrazone groups is 1. The average Bonchev–Trinajstić information content (AvgIpc) is 2.16. The highest BCUT2D eigenvalue weighted by atomic mass is 15.3. The third-order valence-electron chi connectivity index (χ3n) is 1.69. The average molecular weight is 180 g/mol. The molecule has 70 valence electrons. The maximum absolute atomic E-state index is 5.15. The van der Waals surface area contributed by atoms with E-state index in [9.17, 15) is 0 Å². The third-order valence-corrected chi connectivity index (χ3v) is 1.69. The molecule has 0 saturated carbocycles. The Kier molecular flexibility index (Phi) is 2.76. The molecule has 0 radical (unpaired) electrons. The maximum Gasteiger partial charge on any atom is 0.237 e. The van der Waals surface area contributed by atoms with Gasteiger partial charge >= 0.3 is 0 Å². The second-order valence-electron chi connectivity index (χ2n) is 2.55. The molecule has 0 atom stereocenters. The first-order valence-electron chi connectivity index (χ1n) is 3.74. The summed E-state index contributed by atoms with van der Waals surface area (Å²) in [6, 6.07) is 0. The number of rotatable bonds is 2. The molecule has 1 aromatic heterocycles. The Bertz CT molecular complexity index is 332. The fourth-order valence-electron chi connectivity index (χ4n) is 0.961. The molecule has 5 N–H and O–H groups in total. The number of nitrogens with two attached hydrogens (primary N) is 2. The highest BCUT2D eigenvalue weighted by Gasteiger charge is 2.04. The van der Waals surface area contributed by atoms with E-state index in [1.807, 2.05) is 6.92 Å². The van der Waals surface area contributed by atoms with Crippen molar-refractivity contribution >= 4 is 11.7 Å². The molecular formula is C7H12N6. The lowest BCUT2D eigenvalue weighted by molar-refractivity contribution is 1.06. The minimum absolute atomic E-state index is 0.381. The van der Waals surface area contributed by atoms with Crippen LogP contribution in [-0.2, 0) is 0 Å². The van der Waals surface area contributed by atoms with Crippen LogP contribution in [0.1, 0.15) is 18.2 Å². The van der Waals surface area contributed by atoms with Crippen molar-refractivity contribution in [3.63, 3.8) is 0 Å². The van der Waals surface area contributed by atoms with E-state index in [0.717, 1.165) is 11.3 Å². The fourth-order valence-corrected chi connectivity index (χ4v) is 0.961. The summed E-state index contributed by atoms with van der Waals surface area (Å²) in [6.07, 6.45) is 1.63. The largest absolute Gasteiger partial charge is 0.323 e. The van der Waals surface area contributed by atoms with Gasteiger partial charge in [0.05, 0.1) is 11.4 Å². The highest BCUT2D eigenvalue weighted by molar-refractivity contribution is 5.99. The van der Waals surface area contributed by atoms with Crippen LogP contribution in [0.2, 0.25) is 0 Å². The lowest BCUT2D eigenvalue weighted by Gasteiger charge is -2.04. The molecule has 1 aromatic rings. The number of aryl methyl sites for hydroxylation is 1. The first-order chi connectivity index (χ1) is 6.19. The van der Waals surface area contributed by atoms with Gasteiger partial charge in [0.2, 0.25) is 5.95 Å². The zero-order chi connectivity index (χ0) is 9.84. The number of nitrogens with zero attached hydrogens (tertiary/aromatic N) is 3. The van der Waals surface area contributed by atoms with Crippen molar-refractivity contribution in [3.8, 4) is 0 Å². The van der Waals surface area contributed by atoms with Gasteiger partial charge in [-0.3, -0.25) is 5.43 Å². The van der Waals surface area contributed by atoms with Gasteiger partial charge in [-0.1, -0.05) is 0 Å². The number of nitrogens with one attached hydrogen (secondary N) is 1. The molecule has 1 heterocycles. The quantitative estimate of drug-likeness (QED) is 0.331. The molecule has 13 heavy (non-hydrogen) atoms. The number of hydrogen-bond acceptors (Lipinski definition) is 6. The molecule has 0 aliphatic heterocycles. The van der Waals surface area contributed by atoms with Crippen molar-refractivity contribution in [1.82, 2.24) is 9.97 Å². The minimum atomic E-state index is 0.381. The zero-order valence-corrected chi connectivity index (χ0v) is 7.57. The molecule has 6 nitrogen and oxygen atoms in total. The lowest BCUT2D eigenvalue weighted by atomic mass is 10.2. The Morgan fingerprint density at radius 3 is 2.77 bits per heavy atom. The molecule has 0 aliphatic rings. The Labute approximate surface area is 76.0 Å². The molecule has 0 aromatic carbocycles. The summed E-state index contributed by atoms with van der Waals surface area (Å²) in [4.78, 5) is 8.02. The zero-order valence-electron chi connectivity index (χ0n) is 7.57. The van der Waals surface area contributed by atoms with E-state index in [-0.39, 0.29) is 0 Å². The van der Waals surface area contributed by atoms with E-state index in [1.54, 1.807) is 13.1 Å². The number of hydrazine groups is 1. The van der Waals surface area contributed by atoms with Gasteiger partial charge in [0.25, 0.3) is 0 Å². The van der Waals surface area contributed by atoms with Gasteiger partial charge in [0.1, 0.15) is 0 Å². The highest BCUT2D eigenvalue weighted by Crippen LogP contribution is 2.06. The Balaban J connectivity index is 3.12. The summed E-state index contributed by atoms with van der Waals surface area (Å²) >= 11 is 0. The van der Waals surface area contributed by atoms with Crippen LogP contribution < -0.4 is 17.1 Å². The van der Waals surface area contributed by atoms with Crippen LogP contribution in [-0.4, -0.2) is 15.7 Å². The number of hydrogen-bond donors (Lipinski definition) is 3. The van der Waals surface area contributed by atoms with Crippen LogP contribution in [0.15, 0.2) is 11.3 Å². The Morgan fingerprint density at radius 1 is 1.62 bits per heavy atom. The van der Waals surface area contributed by atoms with Gasteiger partial charge in [-0.25, -0.2) is 15.8 Å². The molecule has 1 rings (SSSR count). The normalized spacial score (nSPS) is 11.5. The molecule has 0 unspecified atom stereocenters. The van der Waals surface area contributed by atoms with Crippen LogP contribution in [0.25, 0.3) is 0 Å². The summed E-state index contributed by atoms with van der Waals surface area (Å²) < 4.78 is 0. The number of nitrogen functional groups attached to an aromatic ring is 1. The number of anilines is 1. The molecule has 0 fully saturated rings. The molecular weight excluding hydrogens is 168 g/mol. The van der Waals surface area contributed by atoms with Crippen molar-refractivity contribution < 1.29 is 0 Å². The van der Waals surface area contributed by atoms with Gasteiger partial charge in [-0.05, 0) is 13.8 Å². The van der Waals surface area contributed by atoms with E-state index in [1.165, 1.54) is 0 Å². The van der Waals surface area contributed by atoms with Gasteiger partial charge in [0, 0.05) is 11.8 Å². The van der Waals surface area contributed by atoms with E-state index in [0.29, 0.717) is 11.7 Å². The summed E-state index contributed by atoms with van der Waals surface area (Å²) in [6.45, 7) is 3.63. The van der Waals surface area contributed by atoms with Crippen molar-refractivity contribution in [2.24, 2.45) is 16.8 Å². The first kappa shape index (κ1) is 9.40. The molecule has 0 bridgehead atoms. The molecule has 0 spiro atoms. The minimum Gasteiger partial charge on any atom is -0.323 e. The Hall–Kier alpha value is -1.69. The summed E-state index contributed by atoms with van der Waals surface area (Å²) in [5.41, 5.74) is 4.66. The van der Waals surface area contributed by atoms with Crippen LogP contribution in [0.5, 0.6) is 0 Å². The van der Waals surface area contributed by atoms with Crippen LogP contribution in [0.3, 0.4) is 0 Å². The summed E-state index contributed by atoms with van der Waals surface area (Å²) in [7, 11) is 0. The summed E-state index contributed by atoms with van der Waals surface area (Å²) in [5.74, 6) is 10.7. The van der Waals surface area contributed by atoms with E-state index in [4.69, 9.17) is 11.7 Å². The topological polar surface area (TPSA) is 102 Å². The second kappa shape index (κ2) is 3.81. The van der Waals surface area contributed by atoms with Crippen LogP contribution in [0, 0.1) is 6.92 Å². The maximum atomic E-state index is 5.15. The molecule has 0 saturated heterocycles. The molecule has 6 heteroatoms. The SMILES string of the molecule is C/C(=N/N)c1cnc(NN)nc1C. The van der Waals surface area contributed by atoms with Gasteiger partial charge in [-0.2, -0.15) is 5.10 Å². The van der Waals surface area contributed by atoms with Crippen molar-refractivity contribution in [1.29, 1.82) is 0 Å². The predicted molar refractivity (Wildman–Crippen MR) is 51.0 cm³/mol. The Morgan fingerprint density at radius 2 is 2.31 bits per heavy atom. The van der Waals surface area contributed by atoms with Crippen LogP contribution in [0.4, 0.5) is 5.95 Å². The fraction of sp³-hybridized carbons (Fsp3) is 0.286. The lowest BCUT2D eigenvalue weighted by Crippen LogP contribution is -2.13.